The average molecular weight is 203 g/mol. The van der Waals surface area contributed by atoms with Gasteiger partial charge in [-0.3, -0.25) is 0 Å². The predicted molar refractivity (Wildman–Crippen MR) is 62.7 cm³/mol. The lowest BCUT2D eigenvalue weighted by atomic mass is 9.92. The summed E-state index contributed by atoms with van der Waals surface area (Å²) in [5, 5.41) is 13.3. The van der Waals surface area contributed by atoms with Gasteiger partial charge < -0.3 is 10.4 Å². The van der Waals surface area contributed by atoms with E-state index in [1.54, 1.807) is 6.08 Å². The summed E-state index contributed by atoms with van der Waals surface area (Å²) in [4.78, 5) is 0. The third-order valence-electron chi connectivity index (χ3n) is 2.82. The Kier molecular flexibility index (Phi) is 3.41. The first-order valence-electron chi connectivity index (χ1n) is 5.52. The molecule has 1 unspecified atom stereocenters. The van der Waals surface area contributed by atoms with E-state index in [1.807, 2.05) is 18.2 Å². The molecule has 0 saturated heterocycles. The van der Waals surface area contributed by atoms with Crippen molar-refractivity contribution in [2.45, 2.75) is 12.8 Å². The van der Waals surface area contributed by atoms with Crippen molar-refractivity contribution in [1.29, 1.82) is 0 Å². The Morgan fingerprint density at radius 3 is 3.13 bits per heavy atom. The fraction of sp³-hybridized carbons (Fsp3) is 0.385. The van der Waals surface area contributed by atoms with Gasteiger partial charge in [-0.2, -0.15) is 0 Å². The highest BCUT2D eigenvalue weighted by molar-refractivity contribution is 5.34. The largest absolute Gasteiger partial charge is 0.512 e. The van der Waals surface area contributed by atoms with Crippen molar-refractivity contribution in [1.82, 2.24) is 5.32 Å². The first-order valence-corrected chi connectivity index (χ1v) is 5.52. The standard InChI is InChI=1S/C13H17NO/c15-13-8-3-1-2-6-11-7-4-5-9-14-10-12(11)13/h1-3,6-8,12,14-15H,4-5,9-10H2. The highest BCUT2D eigenvalue weighted by Crippen LogP contribution is 2.23. The molecule has 2 nitrogen and oxygen atoms in total. The second-order valence-corrected chi connectivity index (χ2v) is 3.94. The molecular formula is C13H17NO. The molecule has 1 aliphatic carbocycles. The van der Waals surface area contributed by atoms with Gasteiger partial charge in [0.15, 0.2) is 0 Å². The zero-order valence-electron chi connectivity index (χ0n) is 8.82. The van der Waals surface area contributed by atoms with Crippen LogP contribution in [0.4, 0.5) is 0 Å². The second kappa shape index (κ2) is 4.99. The number of aliphatic hydroxyl groups is 1. The predicted octanol–water partition coefficient (Wildman–Crippen LogP) is 2.48. The molecule has 2 N–H and O–H groups in total. The first-order chi connectivity index (χ1) is 7.38. The smallest absolute Gasteiger partial charge is 0.101 e. The monoisotopic (exact) mass is 203 g/mol. The maximum absolute atomic E-state index is 9.92. The molecule has 0 bridgehead atoms. The molecule has 1 aliphatic heterocycles. The number of hydrogen-bond acceptors (Lipinski definition) is 2. The van der Waals surface area contributed by atoms with Crippen LogP contribution in [-0.4, -0.2) is 18.2 Å². The number of nitrogens with one attached hydrogen (secondary N) is 1. The van der Waals surface area contributed by atoms with Crippen LogP contribution in [0.2, 0.25) is 0 Å². The van der Waals surface area contributed by atoms with Crippen LogP contribution in [0.3, 0.4) is 0 Å². The zero-order valence-corrected chi connectivity index (χ0v) is 8.82. The highest BCUT2D eigenvalue weighted by atomic mass is 16.3. The van der Waals surface area contributed by atoms with Crippen LogP contribution >= 0.6 is 0 Å². The maximum Gasteiger partial charge on any atom is 0.101 e. The van der Waals surface area contributed by atoms with E-state index in [4.69, 9.17) is 0 Å². The fourth-order valence-corrected chi connectivity index (χ4v) is 1.96. The van der Waals surface area contributed by atoms with Gasteiger partial charge in [0.2, 0.25) is 0 Å². The molecular weight excluding hydrogens is 186 g/mol. The summed E-state index contributed by atoms with van der Waals surface area (Å²) in [6, 6.07) is 0. The number of aliphatic hydroxyl groups excluding tert-OH is 1. The Labute approximate surface area is 90.7 Å². The molecule has 0 fully saturated rings. The summed E-state index contributed by atoms with van der Waals surface area (Å²) in [6.07, 6.45) is 14.2. The summed E-state index contributed by atoms with van der Waals surface area (Å²) >= 11 is 0. The summed E-state index contributed by atoms with van der Waals surface area (Å²) < 4.78 is 0. The molecule has 2 rings (SSSR count). The third-order valence-corrected chi connectivity index (χ3v) is 2.82. The fourth-order valence-electron chi connectivity index (χ4n) is 1.96. The van der Waals surface area contributed by atoms with Crippen LogP contribution in [0, 0.1) is 5.92 Å². The summed E-state index contributed by atoms with van der Waals surface area (Å²) in [5.41, 5.74) is 1.22. The Morgan fingerprint density at radius 1 is 1.27 bits per heavy atom. The minimum atomic E-state index is 0.117. The molecule has 1 atom stereocenters. The molecule has 0 amide bonds. The van der Waals surface area contributed by atoms with Gasteiger partial charge in [-0.25, -0.2) is 0 Å². The SMILES string of the molecule is OC1=CC=CC=CC2=CCCCNCC12. The molecule has 0 saturated carbocycles. The van der Waals surface area contributed by atoms with Crippen molar-refractivity contribution in [3.05, 3.63) is 47.8 Å². The Balaban J connectivity index is 2.30. The van der Waals surface area contributed by atoms with Crippen molar-refractivity contribution < 1.29 is 5.11 Å². The maximum atomic E-state index is 9.92. The molecule has 2 heteroatoms. The van der Waals surface area contributed by atoms with Gasteiger partial charge >= 0.3 is 0 Å². The lowest BCUT2D eigenvalue weighted by molar-refractivity contribution is 0.342. The van der Waals surface area contributed by atoms with E-state index in [-0.39, 0.29) is 5.92 Å². The van der Waals surface area contributed by atoms with Crippen LogP contribution in [0.15, 0.2) is 47.8 Å². The van der Waals surface area contributed by atoms with Crippen LogP contribution < -0.4 is 5.32 Å². The zero-order chi connectivity index (χ0) is 10.5. The first kappa shape index (κ1) is 10.2. The van der Waals surface area contributed by atoms with E-state index < -0.39 is 0 Å². The lowest BCUT2D eigenvalue weighted by Gasteiger charge is -2.21. The van der Waals surface area contributed by atoms with Crippen molar-refractivity contribution in [2.75, 3.05) is 13.1 Å². The van der Waals surface area contributed by atoms with Crippen LogP contribution in [-0.2, 0) is 0 Å². The number of hydrogen-bond donors (Lipinski definition) is 2. The Hall–Kier alpha value is -1.28. The minimum Gasteiger partial charge on any atom is -0.512 e. The van der Waals surface area contributed by atoms with Crippen molar-refractivity contribution in [2.24, 2.45) is 5.92 Å². The number of allylic oxidation sites excluding steroid dienone is 6. The summed E-state index contributed by atoms with van der Waals surface area (Å²) in [6.45, 7) is 1.86. The van der Waals surface area contributed by atoms with E-state index in [0.29, 0.717) is 5.76 Å². The molecule has 0 radical (unpaired) electrons. The van der Waals surface area contributed by atoms with Crippen molar-refractivity contribution >= 4 is 0 Å². The molecule has 15 heavy (non-hydrogen) atoms. The quantitative estimate of drug-likeness (QED) is 0.634. The molecule has 2 aliphatic rings. The normalized spacial score (nSPS) is 26.5. The van der Waals surface area contributed by atoms with Crippen LogP contribution in [0.1, 0.15) is 12.8 Å². The van der Waals surface area contributed by atoms with Crippen molar-refractivity contribution in [3.63, 3.8) is 0 Å². The van der Waals surface area contributed by atoms with Gasteiger partial charge in [-0.1, -0.05) is 30.4 Å². The third kappa shape index (κ3) is 2.60. The van der Waals surface area contributed by atoms with E-state index in [1.165, 1.54) is 12.0 Å². The van der Waals surface area contributed by atoms with E-state index in [0.717, 1.165) is 19.5 Å². The van der Waals surface area contributed by atoms with Crippen LogP contribution in [0.25, 0.3) is 0 Å². The minimum absolute atomic E-state index is 0.117. The Bertz CT molecular complexity index is 336. The summed E-state index contributed by atoms with van der Waals surface area (Å²) in [7, 11) is 0. The van der Waals surface area contributed by atoms with Gasteiger partial charge in [0.1, 0.15) is 5.76 Å². The highest BCUT2D eigenvalue weighted by Gasteiger charge is 2.17. The second-order valence-electron chi connectivity index (χ2n) is 3.94. The molecule has 0 aromatic carbocycles. The molecule has 1 heterocycles. The number of rotatable bonds is 0. The van der Waals surface area contributed by atoms with Crippen LogP contribution in [0.5, 0.6) is 0 Å². The van der Waals surface area contributed by atoms with E-state index in [9.17, 15) is 5.11 Å². The van der Waals surface area contributed by atoms with Crippen molar-refractivity contribution in [3.8, 4) is 0 Å². The lowest BCUT2D eigenvalue weighted by Crippen LogP contribution is -2.27. The van der Waals surface area contributed by atoms with Gasteiger partial charge in [-0.05, 0) is 31.0 Å². The molecule has 0 aromatic rings. The van der Waals surface area contributed by atoms with Gasteiger partial charge in [-0.15, -0.1) is 0 Å². The summed E-state index contributed by atoms with van der Waals surface area (Å²) in [5.74, 6) is 0.572. The molecule has 0 spiro atoms. The van der Waals surface area contributed by atoms with Gasteiger partial charge in [0, 0.05) is 6.54 Å². The van der Waals surface area contributed by atoms with E-state index >= 15 is 0 Å². The molecule has 0 aromatic heterocycles. The van der Waals surface area contributed by atoms with Gasteiger partial charge in [0.05, 0.1) is 5.92 Å². The molecule has 80 valence electrons. The Morgan fingerprint density at radius 2 is 2.20 bits per heavy atom. The van der Waals surface area contributed by atoms with E-state index in [2.05, 4.69) is 17.5 Å². The average Bonchev–Trinajstić information content (AvgIpc) is 2.18. The number of fused-ring (bicyclic) bond motifs is 1. The van der Waals surface area contributed by atoms with Gasteiger partial charge in [0.25, 0.3) is 0 Å². The topological polar surface area (TPSA) is 32.3 Å².